The number of hydrogen-bond donors (Lipinski definition) is 1. The van der Waals surface area contributed by atoms with Gasteiger partial charge >= 0.3 is 0 Å². The van der Waals surface area contributed by atoms with Crippen molar-refractivity contribution in [3.8, 4) is 0 Å². The van der Waals surface area contributed by atoms with Crippen molar-refractivity contribution in [3.63, 3.8) is 0 Å². The summed E-state index contributed by atoms with van der Waals surface area (Å²) in [5, 5.41) is 3.43. The zero-order valence-electron chi connectivity index (χ0n) is 16.4. The standard InChI is InChI=1S/C21H24Cl2N2O3S/c1-14(16-8-7-15-5-3-4-6-17(15)11-16)24-21(26)13-25(29(2,27)28)20-12-18(22)9-10-19(20)23/h7-12,14H,3-6,13H2,1-2H3,(H,24,26)/t14-/m1/s1. The summed E-state index contributed by atoms with van der Waals surface area (Å²) in [6.07, 6.45) is 5.58. The molecule has 3 rings (SSSR count). The summed E-state index contributed by atoms with van der Waals surface area (Å²) in [4.78, 5) is 12.6. The molecule has 0 unspecified atom stereocenters. The molecular weight excluding hydrogens is 431 g/mol. The summed E-state index contributed by atoms with van der Waals surface area (Å²) >= 11 is 12.1. The Labute approximate surface area is 182 Å². The molecule has 1 aliphatic carbocycles. The molecule has 2 aromatic rings. The van der Waals surface area contributed by atoms with E-state index in [1.807, 2.05) is 13.0 Å². The Morgan fingerprint density at radius 3 is 2.48 bits per heavy atom. The smallest absolute Gasteiger partial charge is 0.241 e. The molecule has 8 heteroatoms. The van der Waals surface area contributed by atoms with Crippen LogP contribution in [0.2, 0.25) is 10.0 Å². The first-order chi connectivity index (χ1) is 13.6. The van der Waals surface area contributed by atoms with E-state index in [-0.39, 0.29) is 23.3 Å². The lowest BCUT2D eigenvalue weighted by molar-refractivity contribution is -0.120. The Morgan fingerprint density at radius 1 is 1.10 bits per heavy atom. The molecule has 0 saturated carbocycles. The number of carbonyl (C=O) groups is 1. The SMILES string of the molecule is C[C@@H](NC(=O)CN(c1cc(Cl)ccc1Cl)S(C)(=O)=O)c1ccc2c(c1)CCCC2. The van der Waals surface area contributed by atoms with Crippen molar-refractivity contribution in [1.29, 1.82) is 0 Å². The van der Waals surface area contributed by atoms with E-state index < -0.39 is 15.9 Å². The maximum atomic E-state index is 12.6. The van der Waals surface area contributed by atoms with E-state index in [9.17, 15) is 13.2 Å². The van der Waals surface area contributed by atoms with Gasteiger partial charge in [0.1, 0.15) is 6.54 Å². The van der Waals surface area contributed by atoms with Crippen molar-refractivity contribution in [2.24, 2.45) is 0 Å². The molecule has 0 heterocycles. The van der Waals surface area contributed by atoms with Crippen LogP contribution in [0.4, 0.5) is 5.69 Å². The monoisotopic (exact) mass is 454 g/mol. The highest BCUT2D eigenvalue weighted by Crippen LogP contribution is 2.30. The molecule has 1 amide bonds. The molecule has 2 aromatic carbocycles. The number of fused-ring (bicyclic) bond motifs is 1. The van der Waals surface area contributed by atoms with Gasteiger partial charge < -0.3 is 5.32 Å². The van der Waals surface area contributed by atoms with E-state index in [2.05, 4.69) is 17.4 Å². The minimum Gasteiger partial charge on any atom is -0.348 e. The van der Waals surface area contributed by atoms with Gasteiger partial charge in [0.05, 0.1) is 23.0 Å². The number of sulfonamides is 1. The van der Waals surface area contributed by atoms with Gasteiger partial charge in [0.25, 0.3) is 0 Å². The van der Waals surface area contributed by atoms with Crippen LogP contribution in [-0.4, -0.2) is 27.1 Å². The van der Waals surface area contributed by atoms with Crippen molar-refractivity contribution in [1.82, 2.24) is 5.32 Å². The summed E-state index contributed by atoms with van der Waals surface area (Å²) in [5.41, 5.74) is 3.89. The highest BCUT2D eigenvalue weighted by Gasteiger charge is 2.24. The van der Waals surface area contributed by atoms with Crippen molar-refractivity contribution in [3.05, 3.63) is 63.1 Å². The summed E-state index contributed by atoms with van der Waals surface area (Å²) in [6, 6.07) is 10.5. The van der Waals surface area contributed by atoms with Gasteiger partial charge in [-0.1, -0.05) is 41.4 Å². The van der Waals surface area contributed by atoms with Crippen molar-refractivity contribution >= 4 is 44.8 Å². The number of carbonyl (C=O) groups excluding carboxylic acids is 1. The van der Waals surface area contributed by atoms with Gasteiger partial charge in [-0.05, 0) is 67.5 Å². The zero-order chi connectivity index (χ0) is 21.2. The minimum absolute atomic E-state index is 0.179. The Balaban J connectivity index is 1.76. The summed E-state index contributed by atoms with van der Waals surface area (Å²) < 4.78 is 25.6. The molecule has 0 radical (unpaired) electrons. The fraction of sp³-hybridized carbons (Fsp3) is 0.381. The maximum Gasteiger partial charge on any atom is 0.241 e. The molecule has 1 N–H and O–H groups in total. The van der Waals surface area contributed by atoms with Crippen LogP contribution in [0.3, 0.4) is 0 Å². The lowest BCUT2D eigenvalue weighted by Crippen LogP contribution is -2.41. The van der Waals surface area contributed by atoms with E-state index in [1.165, 1.54) is 36.1 Å². The van der Waals surface area contributed by atoms with E-state index >= 15 is 0 Å². The van der Waals surface area contributed by atoms with Gasteiger partial charge in [0.15, 0.2) is 0 Å². The van der Waals surface area contributed by atoms with E-state index in [1.54, 1.807) is 6.07 Å². The van der Waals surface area contributed by atoms with Crippen LogP contribution in [0, 0.1) is 0 Å². The van der Waals surface area contributed by atoms with E-state index in [4.69, 9.17) is 23.2 Å². The predicted octanol–water partition coefficient (Wildman–Crippen LogP) is 4.52. The first kappa shape index (κ1) is 21.9. The van der Waals surface area contributed by atoms with Crippen molar-refractivity contribution in [2.75, 3.05) is 17.1 Å². The molecule has 0 aromatic heterocycles. The second-order valence-electron chi connectivity index (χ2n) is 7.39. The lowest BCUT2D eigenvalue weighted by Gasteiger charge is -2.25. The summed E-state index contributed by atoms with van der Waals surface area (Å²) in [5.74, 6) is -0.420. The molecular formula is C21H24Cl2N2O3S. The van der Waals surface area contributed by atoms with Gasteiger partial charge in [0, 0.05) is 5.02 Å². The molecule has 1 atom stereocenters. The zero-order valence-corrected chi connectivity index (χ0v) is 18.7. The second-order valence-corrected chi connectivity index (χ2v) is 10.1. The molecule has 156 valence electrons. The topological polar surface area (TPSA) is 66.5 Å². The van der Waals surface area contributed by atoms with Gasteiger partial charge in [-0.2, -0.15) is 0 Å². The second kappa shape index (κ2) is 8.94. The molecule has 0 aliphatic heterocycles. The normalized spacial score (nSPS) is 14.8. The van der Waals surface area contributed by atoms with Gasteiger partial charge in [0.2, 0.25) is 15.9 Å². The largest absolute Gasteiger partial charge is 0.348 e. The number of hydrogen-bond acceptors (Lipinski definition) is 3. The average Bonchev–Trinajstić information content (AvgIpc) is 2.67. The lowest BCUT2D eigenvalue weighted by atomic mass is 9.89. The predicted molar refractivity (Wildman–Crippen MR) is 118 cm³/mol. The van der Waals surface area contributed by atoms with E-state index in [0.717, 1.165) is 29.0 Å². The summed E-state index contributed by atoms with van der Waals surface area (Å²) in [6.45, 7) is 1.51. The molecule has 1 aliphatic rings. The fourth-order valence-corrected chi connectivity index (χ4v) is 4.88. The number of amides is 1. The van der Waals surface area contributed by atoms with Crippen molar-refractivity contribution < 1.29 is 13.2 Å². The first-order valence-corrected chi connectivity index (χ1v) is 12.1. The molecule has 0 saturated heterocycles. The third-order valence-corrected chi connectivity index (χ3v) is 6.80. The number of aryl methyl sites for hydroxylation is 2. The molecule has 0 bridgehead atoms. The van der Waals surface area contributed by atoms with Gasteiger partial charge in [-0.15, -0.1) is 0 Å². The number of halogens is 2. The maximum absolute atomic E-state index is 12.6. The van der Waals surface area contributed by atoms with Crippen LogP contribution < -0.4 is 9.62 Å². The molecule has 0 spiro atoms. The van der Waals surface area contributed by atoms with E-state index in [0.29, 0.717) is 5.02 Å². The van der Waals surface area contributed by atoms with Crippen LogP contribution in [-0.2, 0) is 27.7 Å². The quantitative estimate of drug-likeness (QED) is 0.697. The molecule has 5 nitrogen and oxygen atoms in total. The fourth-order valence-electron chi connectivity index (χ4n) is 3.58. The average molecular weight is 455 g/mol. The Morgan fingerprint density at radius 2 is 1.79 bits per heavy atom. The van der Waals surface area contributed by atoms with Crippen LogP contribution in [0.25, 0.3) is 0 Å². The molecule has 29 heavy (non-hydrogen) atoms. The van der Waals surface area contributed by atoms with Crippen LogP contribution >= 0.6 is 23.2 Å². The number of nitrogens with one attached hydrogen (secondary N) is 1. The van der Waals surface area contributed by atoms with Gasteiger partial charge in [-0.3, -0.25) is 9.10 Å². The Hall–Kier alpha value is -1.76. The first-order valence-electron chi connectivity index (χ1n) is 9.49. The van der Waals surface area contributed by atoms with Crippen molar-refractivity contribution in [2.45, 2.75) is 38.6 Å². The number of anilines is 1. The Bertz CT molecular complexity index is 1020. The third kappa shape index (κ3) is 5.44. The highest BCUT2D eigenvalue weighted by molar-refractivity contribution is 7.92. The molecule has 0 fully saturated rings. The summed E-state index contributed by atoms with van der Waals surface area (Å²) in [7, 11) is -3.74. The highest BCUT2D eigenvalue weighted by atomic mass is 35.5. The minimum atomic E-state index is -3.74. The number of benzene rings is 2. The van der Waals surface area contributed by atoms with Crippen LogP contribution in [0.5, 0.6) is 0 Å². The van der Waals surface area contributed by atoms with Crippen LogP contribution in [0.15, 0.2) is 36.4 Å². The third-order valence-electron chi connectivity index (χ3n) is 5.11. The number of rotatable bonds is 6. The van der Waals surface area contributed by atoms with Gasteiger partial charge in [-0.25, -0.2) is 8.42 Å². The number of nitrogens with zero attached hydrogens (tertiary/aromatic N) is 1. The van der Waals surface area contributed by atoms with Crippen LogP contribution in [0.1, 0.15) is 42.5 Å². The Kier molecular flexibility index (Phi) is 6.76.